The Hall–Kier alpha value is -1.76. The summed E-state index contributed by atoms with van der Waals surface area (Å²) in [7, 11) is 0. The highest BCUT2D eigenvalue weighted by Gasteiger charge is 2.02. The fourth-order valence-corrected chi connectivity index (χ4v) is 1.50. The first-order chi connectivity index (χ1) is 7.24. The molecule has 0 aliphatic heterocycles. The topological polar surface area (TPSA) is 13.1 Å². The van der Waals surface area contributed by atoms with Gasteiger partial charge in [-0.25, -0.2) is 0 Å². The molecule has 1 heterocycles. The third-order valence-electron chi connectivity index (χ3n) is 2.15. The zero-order chi connectivity index (χ0) is 11.3. The fraction of sp³-hybridized carbons (Fsp3) is 0.143. The molecule has 0 N–H and O–H groups in total. The molecule has 0 fully saturated rings. The van der Waals surface area contributed by atoms with Crippen molar-refractivity contribution in [3.05, 3.63) is 53.3 Å². The first kappa shape index (κ1) is 11.3. The summed E-state index contributed by atoms with van der Waals surface area (Å²) in [6.45, 7) is 11.3. The van der Waals surface area contributed by atoms with Crippen LogP contribution in [0.3, 0.4) is 0 Å². The monoisotopic (exact) mass is 200 g/mol. The van der Waals surface area contributed by atoms with Gasteiger partial charge in [0.2, 0.25) is 0 Å². The van der Waals surface area contributed by atoms with Gasteiger partial charge in [-0.15, -0.1) is 0 Å². The van der Waals surface area contributed by atoms with Crippen molar-refractivity contribution in [2.45, 2.75) is 13.8 Å². The second kappa shape index (κ2) is 5.20. The van der Waals surface area contributed by atoms with E-state index in [2.05, 4.69) is 13.2 Å². The lowest BCUT2D eigenvalue weighted by Crippen LogP contribution is -2.20. The van der Waals surface area contributed by atoms with E-state index in [1.807, 2.05) is 38.2 Å². The third-order valence-corrected chi connectivity index (χ3v) is 2.15. The van der Waals surface area contributed by atoms with E-state index in [4.69, 9.17) is 4.42 Å². The lowest BCUT2D eigenvalue weighted by atomic mass is 10.2. The molecule has 0 saturated carbocycles. The van der Waals surface area contributed by atoms with Crippen molar-refractivity contribution in [3.63, 3.8) is 0 Å². The number of furan rings is 1. The summed E-state index contributed by atoms with van der Waals surface area (Å²) in [6, 6.07) is 0. The van der Waals surface area contributed by atoms with Crippen molar-refractivity contribution in [1.82, 2.24) is 0 Å². The molecular weight excluding hydrogens is 184 g/mol. The molecule has 0 atom stereocenters. The Kier molecular flexibility index (Phi) is 3.92. The summed E-state index contributed by atoms with van der Waals surface area (Å²) < 4.78 is 5.63. The normalized spacial score (nSPS) is 13.7. The van der Waals surface area contributed by atoms with Crippen molar-refractivity contribution < 1.29 is 4.42 Å². The summed E-state index contributed by atoms with van der Waals surface area (Å²) in [4.78, 5) is 0. The molecule has 78 valence electrons. The zero-order valence-electron chi connectivity index (χ0n) is 9.29. The molecule has 0 aliphatic carbocycles. The molecule has 1 aromatic heterocycles. The predicted octanol–water partition coefficient (Wildman–Crippen LogP) is 2.55. The molecule has 0 saturated heterocycles. The van der Waals surface area contributed by atoms with Crippen molar-refractivity contribution in [2.24, 2.45) is 0 Å². The number of rotatable bonds is 3. The summed E-state index contributed by atoms with van der Waals surface area (Å²) in [6.07, 6.45) is 11.3. The van der Waals surface area contributed by atoms with E-state index in [0.29, 0.717) is 0 Å². The maximum Gasteiger partial charge on any atom is 0.134 e. The molecule has 1 aromatic rings. The highest BCUT2D eigenvalue weighted by atomic mass is 16.3. The van der Waals surface area contributed by atoms with Crippen LogP contribution in [0.1, 0.15) is 18.2 Å². The zero-order valence-corrected chi connectivity index (χ0v) is 9.29. The van der Waals surface area contributed by atoms with Gasteiger partial charge < -0.3 is 4.42 Å². The Morgan fingerprint density at radius 2 is 1.93 bits per heavy atom. The van der Waals surface area contributed by atoms with Crippen LogP contribution in [0.15, 0.2) is 35.8 Å². The first-order valence-electron chi connectivity index (χ1n) is 4.92. The van der Waals surface area contributed by atoms with Gasteiger partial charge in [0, 0.05) is 10.8 Å². The van der Waals surface area contributed by atoms with Gasteiger partial charge >= 0.3 is 0 Å². The molecule has 0 aliphatic rings. The summed E-state index contributed by atoms with van der Waals surface area (Å²) >= 11 is 0. The molecule has 1 rings (SSSR count). The largest absolute Gasteiger partial charge is 0.461 e. The van der Waals surface area contributed by atoms with Gasteiger partial charge in [-0.05, 0) is 19.9 Å². The smallest absolute Gasteiger partial charge is 0.134 e. The van der Waals surface area contributed by atoms with E-state index in [-0.39, 0.29) is 0 Å². The van der Waals surface area contributed by atoms with Crippen molar-refractivity contribution >= 4 is 18.2 Å². The number of hydrogen-bond acceptors (Lipinski definition) is 1. The van der Waals surface area contributed by atoms with Crippen molar-refractivity contribution in [1.29, 1.82) is 0 Å². The highest BCUT2D eigenvalue weighted by molar-refractivity contribution is 5.56. The Bertz CT molecular complexity index is 498. The van der Waals surface area contributed by atoms with E-state index in [1.54, 1.807) is 12.2 Å². The highest BCUT2D eigenvalue weighted by Crippen LogP contribution is 2.02. The van der Waals surface area contributed by atoms with Gasteiger partial charge in [0.15, 0.2) is 0 Å². The van der Waals surface area contributed by atoms with E-state index >= 15 is 0 Å². The minimum Gasteiger partial charge on any atom is -0.461 e. The molecular formula is C14H16O. The number of aryl methyl sites for hydroxylation is 1. The van der Waals surface area contributed by atoms with Gasteiger partial charge in [0.1, 0.15) is 11.2 Å². The number of hydrogen-bond donors (Lipinski definition) is 0. The summed E-state index contributed by atoms with van der Waals surface area (Å²) in [5.74, 6) is 0.911. The van der Waals surface area contributed by atoms with E-state index < -0.39 is 0 Å². The minimum atomic E-state index is 0.855. The van der Waals surface area contributed by atoms with Gasteiger partial charge in [-0.1, -0.05) is 43.5 Å². The minimum absolute atomic E-state index is 0.855. The van der Waals surface area contributed by atoms with Crippen LogP contribution in [-0.2, 0) is 0 Å². The molecule has 15 heavy (non-hydrogen) atoms. The Labute approximate surface area is 90.4 Å². The summed E-state index contributed by atoms with van der Waals surface area (Å²) in [5, 5.41) is 1.10. The Balaban J connectivity index is 3.53. The molecule has 0 radical (unpaired) electrons. The van der Waals surface area contributed by atoms with Gasteiger partial charge in [0.05, 0.1) is 0 Å². The van der Waals surface area contributed by atoms with Crippen molar-refractivity contribution in [2.75, 3.05) is 0 Å². The van der Waals surface area contributed by atoms with E-state index in [9.17, 15) is 0 Å². The van der Waals surface area contributed by atoms with Crippen LogP contribution >= 0.6 is 0 Å². The molecule has 0 aromatic carbocycles. The molecule has 1 heteroatoms. The van der Waals surface area contributed by atoms with Crippen LogP contribution in [0.5, 0.6) is 0 Å². The van der Waals surface area contributed by atoms with Crippen LogP contribution in [-0.4, -0.2) is 0 Å². The van der Waals surface area contributed by atoms with Crippen LogP contribution in [0, 0.1) is 6.92 Å². The molecule has 0 bridgehead atoms. The molecule has 1 nitrogen and oxygen atoms in total. The van der Waals surface area contributed by atoms with Gasteiger partial charge in [-0.2, -0.15) is 0 Å². The standard InChI is InChI=1S/C14H16O/c1-5-8-10-13-11(4)15-14(9-6-2)12(13)7-3/h5-10H,1-2H2,3-4H3/b10-8-,12-7-,14-9+. The second-order valence-electron chi connectivity index (χ2n) is 3.14. The lowest BCUT2D eigenvalue weighted by Gasteiger charge is -1.86. The lowest BCUT2D eigenvalue weighted by molar-refractivity contribution is 0.501. The quantitative estimate of drug-likeness (QED) is 0.683. The van der Waals surface area contributed by atoms with Crippen LogP contribution < -0.4 is 10.6 Å². The molecule has 0 spiro atoms. The summed E-state index contributed by atoms with van der Waals surface area (Å²) in [5.41, 5.74) is 1.96. The molecule has 0 unspecified atom stereocenters. The average molecular weight is 200 g/mol. The number of allylic oxidation sites excluding steroid dienone is 3. The maximum absolute atomic E-state index is 5.63. The van der Waals surface area contributed by atoms with Gasteiger partial charge in [-0.3, -0.25) is 0 Å². The fourth-order valence-electron chi connectivity index (χ4n) is 1.50. The van der Waals surface area contributed by atoms with E-state index in [1.165, 1.54) is 0 Å². The van der Waals surface area contributed by atoms with Crippen molar-refractivity contribution in [3.8, 4) is 0 Å². The second-order valence-corrected chi connectivity index (χ2v) is 3.14. The van der Waals surface area contributed by atoms with Crippen LogP contribution in [0.2, 0.25) is 0 Å². The average Bonchev–Trinajstić information content (AvgIpc) is 2.52. The third kappa shape index (κ3) is 2.38. The predicted molar refractivity (Wildman–Crippen MR) is 66.7 cm³/mol. The first-order valence-corrected chi connectivity index (χ1v) is 4.92. The Morgan fingerprint density at radius 1 is 1.20 bits per heavy atom. The van der Waals surface area contributed by atoms with Crippen LogP contribution in [0.4, 0.5) is 0 Å². The SMILES string of the molecule is C=C/C=C\c1c(C)oc(=C/C=C)/c1=C\C. The van der Waals surface area contributed by atoms with E-state index in [0.717, 1.165) is 22.0 Å². The van der Waals surface area contributed by atoms with Crippen LogP contribution in [0.25, 0.3) is 18.2 Å². The maximum atomic E-state index is 5.63. The Morgan fingerprint density at radius 3 is 2.47 bits per heavy atom. The molecule has 0 amide bonds. The van der Waals surface area contributed by atoms with Gasteiger partial charge in [0.25, 0.3) is 0 Å².